The third-order valence-corrected chi connectivity index (χ3v) is 5.87. The summed E-state index contributed by atoms with van der Waals surface area (Å²) in [7, 11) is 1.51. The van der Waals surface area contributed by atoms with E-state index in [0.29, 0.717) is 0 Å². The largest absolute Gasteiger partial charge is 0.388 e. The summed E-state index contributed by atoms with van der Waals surface area (Å²) in [6.45, 7) is 1.70. The third-order valence-electron chi connectivity index (χ3n) is 5.87. The van der Waals surface area contributed by atoms with Crippen LogP contribution < -0.4 is 0 Å². The molecule has 5 heteroatoms. The van der Waals surface area contributed by atoms with Crippen molar-refractivity contribution in [2.45, 2.75) is 43.2 Å². The summed E-state index contributed by atoms with van der Waals surface area (Å²) in [5.41, 5.74) is 1.61. The summed E-state index contributed by atoms with van der Waals surface area (Å²) in [6.07, 6.45) is -4.65. The fourth-order valence-corrected chi connectivity index (χ4v) is 4.24. The summed E-state index contributed by atoms with van der Waals surface area (Å²) in [5.74, 6) is 0. The molecule has 5 nitrogen and oxygen atoms in total. The summed E-state index contributed by atoms with van der Waals surface area (Å²) in [4.78, 5) is 0. The fourth-order valence-electron chi connectivity index (χ4n) is 4.24. The van der Waals surface area contributed by atoms with Crippen molar-refractivity contribution in [3.05, 3.63) is 108 Å². The molecule has 0 bridgehead atoms. The number of benzene rings is 3. The normalized spacial score (nSPS) is 26.5. The van der Waals surface area contributed by atoms with E-state index in [4.69, 9.17) is 14.2 Å². The van der Waals surface area contributed by atoms with Gasteiger partial charge in [0, 0.05) is 7.11 Å². The maximum atomic E-state index is 11.0. The molecule has 0 aliphatic carbocycles. The Hall–Kier alpha value is -2.54. The first-order valence-corrected chi connectivity index (χ1v) is 10.5. The molecule has 0 spiro atoms. The Bertz CT molecular complexity index is 849. The van der Waals surface area contributed by atoms with Gasteiger partial charge in [-0.15, -0.1) is 0 Å². The summed E-state index contributed by atoms with van der Waals surface area (Å²) >= 11 is 0. The molecule has 4 rings (SSSR count). The monoisotopic (exact) mass is 420 g/mol. The number of methoxy groups -OCH3 is 1. The van der Waals surface area contributed by atoms with Crippen molar-refractivity contribution < 1.29 is 24.4 Å². The van der Waals surface area contributed by atoms with Gasteiger partial charge in [0.15, 0.2) is 6.29 Å². The smallest absolute Gasteiger partial charge is 0.186 e. The van der Waals surface area contributed by atoms with Crippen molar-refractivity contribution in [1.29, 1.82) is 0 Å². The van der Waals surface area contributed by atoms with Gasteiger partial charge in [-0.25, -0.2) is 0 Å². The lowest BCUT2D eigenvalue weighted by atomic mass is 9.79. The molecule has 3 aromatic carbocycles. The van der Waals surface area contributed by atoms with Gasteiger partial charge in [0.05, 0.1) is 6.10 Å². The molecule has 0 unspecified atom stereocenters. The molecule has 2 N–H and O–H groups in total. The van der Waals surface area contributed by atoms with Crippen molar-refractivity contribution in [2.24, 2.45) is 0 Å². The van der Waals surface area contributed by atoms with Crippen LogP contribution in [0, 0.1) is 0 Å². The Morgan fingerprint density at radius 2 is 1.13 bits per heavy atom. The van der Waals surface area contributed by atoms with Crippen LogP contribution >= 0.6 is 0 Å². The third kappa shape index (κ3) is 4.03. The van der Waals surface area contributed by atoms with Crippen LogP contribution in [0.3, 0.4) is 0 Å². The molecule has 0 radical (unpaired) electrons. The van der Waals surface area contributed by atoms with Crippen LogP contribution in [0.4, 0.5) is 0 Å². The summed E-state index contributed by atoms with van der Waals surface area (Å²) in [6, 6.07) is 29.6. The Kier molecular flexibility index (Phi) is 6.51. The van der Waals surface area contributed by atoms with Crippen LogP contribution in [-0.2, 0) is 19.8 Å². The lowest BCUT2D eigenvalue weighted by Crippen LogP contribution is -2.60. The minimum atomic E-state index is -1.19. The van der Waals surface area contributed by atoms with E-state index >= 15 is 0 Å². The van der Waals surface area contributed by atoms with Gasteiger partial charge in [-0.2, -0.15) is 0 Å². The average molecular weight is 421 g/mol. The average Bonchev–Trinajstić information content (AvgIpc) is 2.84. The molecule has 162 valence electrons. The second-order valence-corrected chi connectivity index (χ2v) is 7.79. The van der Waals surface area contributed by atoms with Gasteiger partial charge in [-0.1, -0.05) is 91.0 Å². The molecule has 0 amide bonds. The number of hydrogen-bond donors (Lipinski definition) is 2. The lowest BCUT2D eigenvalue weighted by Gasteiger charge is -2.46. The van der Waals surface area contributed by atoms with E-state index < -0.39 is 36.3 Å². The SMILES string of the molecule is CO[C@@H]1O[C@@H](C)[C@H](O)[C@@H](O)[C@H]1OC(c1ccccc1)(c1ccccc1)c1ccccc1. The zero-order valence-electron chi connectivity index (χ0n) is 17.7. The first kappa shape index (κ1) is 21.7. The summed E-state index contributed by atoms with van der Waals surface area (Å²) < 4.78 is 18.2. The number of rotatable bonds is 6. The molecule has 0 saturated carbocycles. The molecule has 3 aromatic rings. The highest BCUT2D eigenvalue weighted by Crippen LogP contribution is 2.43. The van der Waals surface area contributed by atoms with Gasteiger partial charge in [0.1, 0.15) is 23.9 Å². The van der Waals surface area contributed by atoms with Gasteiger partial charge >= 0.3 is 0 Å². The van der Waals surface area contributed by atoms with Crippen molar-refractivity contribution in [1.82, 2.24) is 0 Å². The van der Waals surface area contributed by atoms with Crippen molar-refractivity contribution in [2.75, 3.05) is 7.11 Å². The van der Waals surface area contributed by atoms with E-state index in [0.717, 1.165) is 16.7 Å². The summed E-state index contributed by atoms with van der Waals surface area (Å²) in [5, 5.41) is 21.5. The number of ether oxygens (including phenoxy) is 3. The van der Waals surface area contributed by atoms with Crippen molar-refractivity contribution in [3.63, 3.8) is 0 Å². The molecule has 1 aliphatic rings. The Balaban J connectivity index is 1.92. The van der Waals surface area contributed by atoms with E-state index in [1.54, 1.807) is 6.92 Å². The van der Waals surface area contributed by atoms with E-state index in [1.165, 1.54) is 7.11 Å². The van der Waals surface area contributed by atoms with Crippen molar-refractivity contribution in [3.8, 4) is 0 Å². The fraction of sp³-hybridized carbons (Fsp3) is 0.308. The first-order chi connectivity index (χ1) is 15.1. The van der Waals surface area contributed by atoms with Crippen LogP contribution in [0.1, 0.15) is 23.6 Å². The maximum absolute atomic E-state index is 11.0. The first-order valence-electron chi connectivity index (χ1n) is 10.5. The highest BCUT2D eigenvalue weighted by Gasteiger charge is 2.49. The second-order valence-electron chi connectivity index (χ2n) is 7.79. The van der Waals surface area contributed by atoms with E-state index in [9.17, 15) is 10.2 Å². The van der Waals surface area contributed by atoms with Crippen LogP contribution in [0.15, 0.2) is 91.0 Å². The molecule has 1 saturated heterocycles. The molecule has 0 aromatic heterocycles. The Labute approximate surface area is 182 Å². The van der Waals surface area contributed by atoms with Crippen LogP contribution in [-0.4, -0.2) is 48.0 Å². The molecule has 1 aliphatic heterocycles. The molecular formula is C26H28O5. The number of aliphatic hydroxyl groups excluding tert-OH is 2. The highest BCUT2D eigenvalue weighted by atomic mass is 16.7. The van der Waals surface area contributed by atoms with Gasteiger partial charge in [-0.05, 0) is 23.6 Å². The predicted octanol–water partition coefficient (Wildman–Crippen LogP) is 3.48. The molecular weight excluding hydrogens is 392 g/mol. The number of aliphatic hydroxyl groups is 2. The zero-order valence-corrected chi connectivity index (χ0v) is 17.7. The standard InChI is InChI=1S/C26H28O5/c1-18-22(27)23(28)24(25(29-2)30-18)31-26(19-12-6-3-7-13-19,20-14-8-4-9-15-20)21-16-10-5-11-17-21/h3-18,22-25,27-28H,1-2H3/t18-,22-,23+,24+,25+/m0/s1. The second kappa shape index (κ2) is 9.30. The van der Waals surface area contributed by atoms with Crippen LogP contribution in [0.25, 0.3) is 0 Å². The number of hydrogen-bond acceptors (Lipinski definition) is 5. The minimum Gasteiger partial charge on any atom is -0.388 e. The topological polar surface area (TPSA) is 68.2 Å². The van der Waals surface area contributed by atoms with Gasteiger partial charge in [0.25, 0.3) is 0 Å². The van der Waals surface area contributed by atoms with E-state index in [1.807, 2.05) is 91.0 Å². The molecule has 1 heterocycles. The van der Waals surface area contributed by atoms with Gasteiger partial charge < -0.3 is 24.4 Å². The lowest BCUT2D eigenvalue weighted by molar-refractivity contribution is -0.309. The van der Waals surface area contributed by atoms with E-state index in [2.05, 4.69) is 0 Å². The molecule has 31 heavy (non-hydrogen) atoms. The highest BCUT2D eigenvalue weighted by molar-refractivity contribution is 5.47. The molecule has 1 fully saturated rings. The van der Waals surface area contributed by atoms with Crippen LogP contribution in [0.5, 0.6) is 0 Å². The van der Waals surface area contributed by atoms with E-state index in [-0.39, 0.29) is 0 Å². The minimum absolute atomic E-state index is 0.584. The quantitative estimate of drug-likeness (QED) is 0.598. The van der Waals surface area contributed by atoms with Gasteiger partial charge in [0.2, 0.25) is 0 Å². The molecule has 5 atom stereocenters. The van der Waals surface area contributed by atoms with Gasteiger partial charge in [-0.3, -0.25) is 0 Å². The Morgan fingerprint density at radius 1 is 0.710 bits per heavy atom. The van der Waals surface area contributed by atoms with Crippen LogP contribution in [0.2, 0.25) is 0 Å². The Morgan fingerprint density at radius 3 is 1.52 bits per heavy atom. The zero-order chi connectivity index (χ0) is 21.8. The maximum Gasteiger partial charge on any atom is 0.186 e. The predicted molar refractivity (Wildman–Crippen MR) is 117 cm³/mol. The van der Waals surface area contributed by atoms with Crippen molar-refractivity contribution >= 4 is 0 Å².